The average molecular weight is 290 g/mol. The first-order valence-electron chi connectivity index (χ1n) is 6.98. The second-order valence-electron chi connectivity index (χ2n) is 5.36. The van der Waals surface area contributed by atoms with E-state index in [0.29, 0.717) is 13.0 Å². The Morgan fingerprint density at radius 3 is 2.84 bits per heavy atom. The number of likely N-dealkylation sites (tertiary alicyclic amines) is 1. The van der Waals surface area contributed by atoms with Gasteiger partial charge in [0.25, 0.3) is 0 Å². The van der Waals surface area contributed by atoms with Crippen molar-refractivity contribution in [2.75, 3.05) is 19.6 Å². The van der Waals surface area contributed by atoms with Crippen LogP contribution in [0.15, 0.2) is 0 Å². The van der Waals surface area contributed by atoms with Gasteiger partial charge in [-0.2, -0.15) is 0 Å². The van der Waals surface area contributed by atoms with Crippen LogP contribution in [-0.4, -0.2) is 48.4 Å². The summed E-state index contributed by atoms with van der Waals surface area (Å²) in [6.45, 7) is 4.36. The standard InChI is InChI=1S/C13H23N3O2.ClH/c1-10(9-16-8-4-6-12(16)17)15-13(18)11-5-2-3-7-14-11;/h10-11,14H,2-9H2,1H3,(H,15,18);1H/t10?,11-;/m1./s1. The lowest BCUT2D eigenvalue weighted by molar-refractivity contribution is -0.129. The second kappa shape index (κ2) is 7.70. The van der Waals surface area contributed by atoms with E-state index in [4.69, 9.17) is 0 Å². The zero-order valence-electron chi connectivity index (χ0n) is 11.5. The minimum atomic E-state index is -0.0459. The van der Waals surface area contributed by atoms with Gasteiger partial charge in [-0.05, 0) is 32.7 Å². The van der Waals surface area contributed by atoms with Crippen LogP contribution in [0.3, 0.4) is 0 Å². The minimum absolute atomic E-state index is 0. The van der Waals surface area contributed by atoms with Gasteiger partial charge in [0.05, 0.1) is 6.04 Å². The summed E-state index contributed by atoms with van der Waals surface area (Å²) in [6.07, 6.45) is 4.79. The first kappa shape index (κ1) is 16.2. The third-order valence-corrected chi connectivity index (χ3v) is 3.68. The SMILES string of the molecule is CC(CN1CCCC1=O)NC(=O)[C@H]1CCCCN1.Cl. The van der Waals surface area contributed by atoms with Crippen LogP contribution >= 0.6 is 12.4 Å². The molecule has 1 unspecified atom stereocenters. The van der Waals surface area contributed by atoms with Crippen molar-refractivity contribution in [1.29, 1.82) is 0 Å². The molecular weight excluding hydrogens is 266 g/mol. The van der Waals surface area contributed by atoms with Crippen molar-refractivity contribution in [2.24, 2.45) is 0 Å². The Hall–Kier alpha value is -0.810. The lowest BCUT2D eigenvalue weighted by atomic mass is 10.0. The normalized spacial score (nSPS) is 24.8. The first-order chi connectivity index (χ1) is 8.66. The molecule has 2 N–H and O–H groups in total. The van der Waals surface area contributed by atoms with Crippen molar-refractivity contribution in [3.63, 3.8) is 0 Å². The van der Waals surface area contributed by atoms with Gasteiger partial charge < -0.3 is 15.5 Å². The average Bonchev–Trinajstić information content (AvgIpc) is 2.76. The van der Waals surface area contributed by atoms with Gasteiger partial charge in [-0.1, -0.05) is 6.42 Å². The Morgan fingerprint density at radius 1 is 1.47 bits per heavy atom. The van der Waals surface area contributed by atoms with Gasteiger partial charge in [0.2, 0.25) is 11.8 Å². The van der Waals surface area contributed by atoms with E-state index in [2.05, 4.69) is 10.6 Å². The monoisotopic (exact) mass is 289 g/mol. The van der Waals surface area contributed by atoms with Crippen molar-refractivity contribution in [1.82, 2.24) is 15.5 Å². The Morgan fingerprint density at radius 2 is 2.26 bits per heavy atom. The Kier molecular flexibility index (Phi) is 6.58. The number of hydrogen-bond donors (Lipinski definition) is 2. The molecule has 0 aromatic carbocycles. The van der Waals surface area contributed by atoms with Gasteiger partial charge >= 0.3 is 0 Å². The van der Waals surface area contributed by atoms with Gasteiger partial charge in [0, 0.05) is 25.6 Å². The summed E-state index contributed by atoms with van der Waals surface area (Å²) in [7, 11) is 0. The molecule has 0 radical (unpaired) electrons. The zero-order chi connectivity index (χ0) is 13.0. The molecule has 110 valence electrons. The summed E-state index contributed by atoms with van der Waals surface area (Å²) in [5.41, 5.74) is 0. The maximum atomic E-state index is 12.0. The predicted molar refractivity (Wildman–Crippen MR) is 76.3 cm³/mol. The lowest BCUT2D eigenvalue weighted by Gasteiger charge is -2.26. The largest absolute Gasteiger partial charge is 0.351 e. The molecule has 2 fully saturated rings. The molecule has 19 heavy (non-hydrogen) atoms. The summed E-state index contributed by atoms with van der Waals surface area (Å²) in [5.74, 6) is 0.292. The number of carbonyl (C=O) groups is 2. The fourth-order valence-electron chi connectivity index (χ4n) is 2.69. The van der Waals surface area contributed by atoms with Crippen molar-refractivity contribution in [3.05, 3.63) is 0 Å². The fraction of sp³-hybridized carbons (Fsp3) is 0.846. The molecular formula is C13H24ClN3O2. The van der Waals surface area contributed by atoms with E-state index < -0.39 is 0 Å². The smallest absolute Gasteiger partial charge is 0.237 e. The van der Waals surface area contributed by atoms with Gasteiger partial charge in [0.1, 0.15) is 0 Å². The minimum Gasteiger partial charge on any atom is -0.351 e. The van der Waals surface area contributed by atoms with Crippen LogP contribution in [0.25, 0.3) is 0 Å². The molecule has 6 heteroatoms. The number of amides is 2. The number of nitrogens with zero attached hydrogens (tertiary/aromatic N) is 1. The summed E-state index contributed by atoms with van der Waals surface area (Å²) in [4.78, 5) is 25.3. The molecule has 2 aliphatic rings. The van der Waals surface area contributed by atoms with Crippen molar-refractivity contribution >= 4 is 24.2 Å². The van der Waals surface area contributed by atoms with E-state index in [-0.39, 0.29) is 36.3 Å². The third-order valence-electron chi connectivity index (χ3n) is 3.68. The molecule has 0 aliphatic carbocycles. The number of piperidine rings is 1. The van der Waals surface area contributed by atoms with E-state index in [1.54, 1.807) is 0 Å². The lowest BCUT2D eigenvalue weighted by Crippen LogP contribution is -2.51. The van der Waals surface area contributed by atoms with E-state index >= 15 is 0 Å². The van der Waals surface area contributed by atoms with Crippen molar-refractivity contribution in [3.8, 4) is 0 Å². The molecule has 2 rings (SSSR count). The molecule has 2 heterocycles. The molecule has 0 saturated carbocycles. The van der Waals surface area contributed by atoms with E-state index in [0.717, 1.165) is 38.8 Å². The highest BCUT2D eigenvalue weighted by atomic mass is 35.5. The number of carbonyl (C=O) groups excluding carboxylic acids is 2. The van der Waals surface area contributed by atoms with Gasteiger partial charge in [0.15, 0.2) is 0 Å². The molecule has 2 atom stereocenters. The zero-order valence-corrected chi connectivity index (χ0v) is 12.3. The Labute approximate surface area is 120 Å². The molecule has 2 saturated heterocycles. The number of rotatable bonds is 4. The molecule has 0 aromatic rings. The molecule has 0 aromatic heterocycles. The quantitative estimate of drug-likeness (QED) is 0.800. The van der Waals surface area contributed by atoms with Gasteiger partial charge in [-0.15, -0.1) is 12.4 Å². The predicted octanol–water partition coefficient (Wildman–Crippen LogP) is 0.677. The molecule has 0 bridgehead atoms. The molecule has 5 nitrogen and oxygen atoms in total. The van der Waals surface area contributed by atoms with Crippen molar-refractivity contribution < 1.29 is 9.59 Å². The summed E-state index contributed by atoms with van der Waals surface area (Å²) in [5, 5.41) is 6.24. The van der Waals surface area contributed by atoms with Gasteiger partial charge in [-0.3, -0.25) is 9.59 Å². The highest BCUT2D eigenvalue weighted by Crippen LogP contribution is 2.10. The summed E-state index contributed by atoms with van der Waals surface area (Å²) < 4.78 is 0. The highest BCUT2D eigenvalue weighted by molar-refractivity contribution is 5.85. The highest BCUT2D eigenvalue weighted by Gasteiger charge is 2.25. The number of nitrogens with one attached hydrogen (secondary N) is 2. The van der Waals surface area contributed by atoms with E-state index in [9.17, 15) is 9.59 Å². The first-order valence-corrected chi connectivity index (χ1v) is 6.98. The van der Waals surface area contributed by atoms with Crippen LogP contribution in [0.4, 0.5) is 0 Å². The molecule has 2 amide bonds. The summed E-state index contributed by atoms with van der Waals surface area (Å²) in [6, 6.07) is -0.0150. The topological polar surface area (TPSA) is 61.4 Å². The fourth-order valence-corrected chi connectivity index (χ4v) is 2.69. The van der Waals surface area contributed by atoms with Crippen LogP contribution < -0.4 is 10.6 Å². The number of hydrogen-bond acceptors (Lipinski definition) is 3. The van der Waals surface area contributed by atoms with Gasteiger partial charge in [-0.25, -0.2) is 0 Å². The maximum Gasteiger partial charge on any atom is 0.237 e. The second-order valence-corrected chi connectivity index (χ2v) is 5.36. The van der Waals surface area contributed by atoms with Crippen LogP contribution in [-0.2, 0) is 9.59 Å². The molecule has 0 spiro atoms. The number of halogens is 1. The van der Waals surface area contributed by atoms with Crippen LogP contribution in [0.5, 0.6) is 0 Å². The molecule has 2 aliphatic heterocycles. The van der Waals surface area contributed by atoms with Crippen LogP contribution in [0, 0.1) is 0 Å². The van der Waals surface area contributed by atoms with Crippen LogP contribution in [0.1, 0.15) is 39.0 Å². The maximum absolute atomic E-state index is 12.0. The Balaban J connectivity index is 0.00000180. The Bertz CT molecular complexity index is 319. The third kappa shape index (κ3) is 4.66. The van der Waals surface area contributed by atoms with E-state index in [1.807, 2.05) is 11.8 Å². The summed E-state index contributed by atoms with van der Waals surface area (Å²) >= 11 is 0. The van der Waals surface area contributed by atoms with Crippen molar-refractivity contribution in [2.45, 2.75) is 51.1 Å². The van der Waals surface area contributed by atoms with Crippen LogP contribution in [0.2, 0.25) is 0 Å². The van der Waals surface area contributed by atoms with E-state index in [1.165, 1.54) is 0 Å².